The third-order valence-electron chi connectivity index (χ3n) is 4.47. The molecule has 0 unspecified atom stereocenters. The lowest BCUT2D eigenvalue weighted by Crippen LogP contribution is -2.13. The number of nitrogens with zero attached hydrogens (tertiary/aromatic N) is 2. The highest BCUT2D eigenvalue weighted by atomic mass is 35.5. The number of ether oxygens (including phenoxy) is 1. The molecule has 25 heavy (non-hydrogen) atoms. The molecule has 1 aromatic carbocycles. The molecule has 4 rings (SSSR count). The number of hydrogen-bond acceptors (Lipinski definition) is 3. The van der Waals surface area contributed by atoms with Gasteiger partial charge >= 0.3 is 0 Å². The SMILES string of the molecule is Cn1nc2c(c1NC(=O)C=CC1=Cc3cc(Cl)ccc3OC1)CCC2. The Morgan fingerprint density at radius 2 is 2.28 bits per heavy atom. The Bertz CT molecular complexity index is 912. The monoisotopic (exact) mass is 355 g/mol. The maximum Gasteiger partial charge on any atom is 0.249 e. The fraction of sp³-hybridized carbons (Fsp3) is 0.263. The first-order chi connectivity index (χ1) is 12.1. The van der Waals surface area contributed by atoms with Crippen LogP contribution in [0.2, 0.25) is 5.02 Å². The van der Waals surface area contributed by atoms with Crippen LogP contribution in [-0.2, 0) is 24.7 Å². The average molecular weight is 356 g/mol. The topological polar surface area (TPSA) is 56.2 Å². The molecule has 0 bridgehead atoms. The highest BCUT2D eigenvalue weighted by Crippen LogP contribution is 2.30. The average Bonchev–Trinajstić information content (AvgIpc) is 3.15. The number of hydrogen-bond donors (Lipinski definition) is 1. The molecule has 0 saturated heterocycles. The summed E-state index contributed by atoms with van der Waals surface area (Å²) in [5.74, 6) is 1.43. The normalized spacial score (nSPS) is 15.5. The van der Waals surface area contributed by atoms with Crippen molar-refractivity contribution in [3.05, 3.63) is 57.8 Å². The lowest BCUT2D eigenvalue weighted by Gasteiger charge is -2.16. The van der Waals surface area contributed by atoms with E-state index < -0.39 is 0 Å². The Morgan fingerprint density at radius 3 is 3.16 bits per heavy atom. The molecule has 1 aliphatic carbocycles. The molecule has 2 aromatic rings. The molecule has 6 heteroatoms. The minimum absolute atomic E-state index is 0.171. The van der Waals surface area contributed by atoms with Crippen LogP contribution >= 0.6 is 11.6 Å². The van der Waals surface area contributed by atoms with E-state index in [1.54, 1.807) is 16.8 Å². The number of amides is 1. The van der Waals surface area contributed by atoms with Gasteiger partial charge in [0.25, 0.3) is 0 Å². The third-order valence-corrected chi connectivity index (χ3v) is 4.70. The second kappa shape index (κ2) is 6.41. The van der Waals surface area contributed by atoms with Gasteiger partial charge < -0.3 is 10.1 Å². The molecule has 2 aliphatic rings. The summed E-state index contributed by atoms with van der Waals surface area (Å²) in [6.07, 6.45) is 8.34. The summed E-state index contributed by atoms with van der Waals surface area (Å²) in [6, 6.07) is 5.50. The first kappa shape index (κ1) is 16.0. The number of fused-ring (bicyclic) bond motifs is 2. The number of aryl methyl sites for hydroxylation is 2. The molecule has 2 heterocycles. The molecule has 0 saturated carbocycles. The van der Waals surface area contributed by atoms with Crippen LogP contribution in [-0.4, -0.2) is 22.3 Å². The van der Waals surface area contributed by atoms with Crippen molar-refractivity contribution in [1.82, 2.24) is 9.78 Å². The van der Waals surface area contributed by atoms with Crippen LogP contribution in [0.1, 0.15) is 23.2 Å². The van der Waals surface area contributed by atoms with E-state index in [9.17, 15) is 4.79 Å². The quantitative estimate of drug-likeness (QED) is 0.857. The van der Waals surface area contributed by atoms with Gasteiger partial charge in [-0.2, -0.15) is 5.10 Å². The zero-order valence-electron chi connectivity index (χ0n) is 13.9. The van der Waals surface area contributed by atoms with Crippen LogP contribution < -0.4 is 10.1 Å². The number of carbonyl (C=O) groups is 1. The molecule has 1 amide bonds. The molecule has 5 nitrogen and oxygen atoms in total. The molecular formula is C19H18ClN3O2. The van der Waals surface area contributed by atoms with Crippen LogP contribution in [0.3, 0.4) is 0 Å². The van der Waals surface area contributed by atoms with E-state index in [1.807, 2.05) is 25.3 Å². The van der Waals surface area contributed by atoms with Crippen molar-refractivity contribution in [1.29, 1.82) is 0 Å². The maximum absolute atomic E-state index is 12.3. The second-order valence-electron chi connectivity index (χ2n) is 6.26. The number of aromatic nitrogens is 2. The number of halogens is 1. The fourth-order valence-electron chi connectivity index (χ4n) is 3.28. The summed E-state index contributed by atoms with van der Waals surface area (Å²) < 4.78 is 7.43. The summed E-state index contributed by atoms with van der Waals surface area (Å²) >= 11 is 6.02. The highest BCUT2D eigenvalue weighted by molar-refractivity contribution is 6.30. The van der Waals surface area contributed by atoms with Crippen LogP contribution in [0, 0.1) is 0 Å². The van der Waals surface area contributed by atoms with Gasteiger partial charge in [0.05, 0.1) is 5.69 Å². The Hall–Kier alpha value is -2.53. The summed E-state index contributed by atoms with van der Waals surface area (Å²) in [7, 11) is 1.86. The van der Waals surface area contributed by atoms with E-state index in [1.165, 1.54) is 6.08 Å². The minimum Gasteiger partial charge on any atom is -0.488 e. The highest BCUT2D eigenvalue weighted by Gasteiger charge is 2.21. The molecule has 0 radical (unpaired) electrons. The molecule has 1 aromatic heterocycles. The first-order valence-electron chi connectivity index (χ1n) is 8.27. The summed E-state index contributed by atoms with van der Waals surface area (Å²) in [4.78, 5) is 12.3. The van der Waals surface area contributed by atoms with E-state index in [0.717, 1.165) is 53.2 Å². The number of nitrogens with one attached hydrogen (secondary N) is 1. The smallest absolute Gasteiger partial charge is 0.249 e. The van der Waals surface area contributed by atoms with Crippen molar-refractivity contribution in [3.8, 4) is 5.75 Å². The molecule has 1 aliphatic heterocycles. The molecule has 0 fully saturated rings. The summed E-state index contributed by atoms with van der Waals surface area (Å²) in [6.45, 7) is 0.430. The molecule has 0 atom stereocenters. The first-order valence-corrected chi connectivity index (χ1v) is 8.65. The van der Waals surface area contributed by atoms with Gasteiger partial charge in [-0.3, -0.25) is 9.48 Å². The van der Waals surface area contributed by atoms with Crippen molar-refractivity contribution >= 4 is 29.4 Å². The lowest BCUT2D eigenvalue weighted by molar-refractivity contribution is -0.112. The van der Waals surface area contributed by atoms with Crippen molar-refractivity contribution in [2.24, 2.45) is 7.05 Å². The largest absolute Gasteiger partial charge is 0.488 e. The van der Waals surface area contributed by atoms with Crippen molar-refractivity contribution < 1.29 is 9.53 Å². The Labute approximate surface area is 150 Å². The zero-order valence-corrected chi connectivity index (χ0v) is 14.6. The van der Waals surface area contributed by atoms with E-state index >= 15 is 0 Å². The zero-order chi connectivity index (χ0) is 17.4. The predicted octanol–water partition coefficient (Wildman–Crippen LogP) is 3.53. The summed E-state index contributed by atoms with van der Waals surface area (Å²) in [5, 5.41) is 8.06. The lowest BCUT2D eigenvalue weighted by atomic mass is 10.1. The van der Waals surface area contributed by atoms with Crippen LogP contribution in [0.15, 0.2) is 35.9 Å². The van der Waals surface area contributed by atoms with Gasteiger partial charge in [-0.1, -0.05) is 17.7 Å². The van der Waals surface area contributed by atoms with Crippen LogP contribution in [0.4, 0.5) is 5.82 Å². The molecule has 0 spiro atoms. The van der Waals surface area contributed by atoms with Gasteiger partial charge in [-0.25, -0.2) is 0 Å². The van der Waals surface area contributed by atoms with Gasteiger partial charge in [0, 0.05) is 29.3 Å². The fourth-order valence-corrected chi connectivity index (χ4v) is 3.46. The third kappa shape index (κ3) is 3.20. The van der Waals surface area contributed by atoms with Gasteiger partial charge in [0.2, 0.25) is 5.91 Å². The van der Waals surface area contributed by atoms with Crippen LogP contribution in [0.5, 0.6) is 5.75 Å². The van der Waals surface area contributed by atoms with Gasteiger partial charge in [0.1, 0.15) is 18.2 Å². The van der Waals surface area contributed by atoms with E-state index in [-0.39, 0.29) is 5.91 Å². The Morgan fingerprint density at radius 1 is 1.40 bits per heavy atom. The Balaban J connectivity index is 1.48. The van der Waals surface area contributed by atoms with Crippen molar-refractivity contribution in [2.75, 3.05) is 11.9 Å². The Kier molecular flexibility index (Phi) is 4.09. The van der Waals surface area contributed by atoms with Gasteiger partial charge in [0.15, 0.2) is 0 Å². The number of anilines is 1. The minimum atomic E-state index is -0.171. The number of rotatable bonds is 3. The standard InChI is InChI=1S/C19H18ClN3O2/c1-23-19(15-3-2-4-16(15)22-23)21-18(24)8-5-12-9-13-10-14(20)6-7-17(13)25-11-12/h5-10H,2-4,11H2,1H3,(H,21,24). The predicted molar refractivity (Wildman–Crippen MR) is 97.9 cm³/mol. The maximum atomic E-state index is 12.3. The van der Waals surface area contributed by atoms with Crippen LogP contribution in [0.25, 0.3) is 6.08 Å². The van der Waals surface area contributed by atoms with E-state index in [2.05, 4.69) is 10.4 Å². The molecule has 1 N–H and O–H groups in total. The molecule has 128 valence electrons. The number of carbonyl (C=O) groups excluding carboxylic acids is 1. The van der Waals surface area contributed by atoms with Crippen molar-refractivity contribution in [2.45, 2.75) is 19.3 Å². The molecular weight excluding hydrogens is 338 g/mol. The number of benzene rings is 1. The van der Waals surface area contributed by atoms with Gasteiger partial charge in [-0.15, -0.1) is 0 Å². The van der Waals surface area contributed by atoms with Gasteiger partial charge in [-0.05, 0) is 49.1 Å². The van der Waals surface area contributed by atoms with E-state index in [4.69, 9.17) is 16.3 Å². The summed E-state index contributed by atoms with van der Waals surface area (Å²) in [5.41, 5.74) is 4.09. The van der Waals surface area contributed by atoms with Crippen molar-refractivity contribution in [3.63, 3.8) is 0 Å². The second-order valence-corrected chi connectivity index (χ2v) is 6.70. The van der Waals surface area contributed by atoms with E-state index in [0.29, 0.717) is 11.6 Å².